The molecule has 150 valence electrons. The van der Waals surface area contributed by atoms with Gasteiger partial charge in [0.25, 0.3) is 0 Å². The minimum atomic E-state index is -0.509. The van der Waals surface area contributed by atoms with Crippen LogP contribution >= 0.6 is 0 Å². The molecule has 1 aliphatic heterocycles. The molecule has 2 aromatic rings. The minimum absolute atomic E-state index is 0.0572. The van der Waals surface area contributed by atoms with Crippen LogP contribution in [0.25, 0.3) is 0 Å². The van der Waals surface area contributed by atoms with E-state index in [1.54, 1.807) is 12.1 Å². The lowest BCUT2D eigenvalue weighted by molar-refractivity contribution is -0.143. The first-order valence-electron chi connectivity index (χ1n) is 9.69. The summed E-state index contributed by atoms with van der Waals surface area (Å²) in [5.74, 6) is 0.163. The van der Waals surface area contributed by atoms with E-state index in [1.807, 2.05) is 75.9 Å². The third-order valence-corrected chi connectivity index (χ3v) is 4.55. The van der Waals surface area contributed by atoms with E-state index in [-0.39, 0.29) is 11.9 Å². The highest BCUT2D eigenvalue weighted by atomic mass is 16.5. The number of ether oxygens (including phenoxy) is 1. The van der Waals surface area contributed by atoms with Crippen molar-refractivity contribution in [1.29, 1.82) is 0 Å². The van der Waals surface area contributed by atoms with E-state index in [0.29, 0.717) is 24.5 Å². The highest BCUT2D eigenvalue weighted by Crippen LogP contribution is 2.35. The van der Waals surface area contributed by atoms with Crippen molar-refractivity contribution in [2.24, 2.45) is 11.1 Å². The molecule has 1 atom stereocenters. The van der Waals surface area contributed by atoms with E-state index in [9.17, 15) is 9.59 Å². The summed E-state index contributed by atoms with van der Waals surface area (Å²) in [6, 6.07) is 14.8. The first-order valence-corrected chi connectivity index (χ1v) is 9.69. The predicted molar refractivity (Wildman–Crippen MR) is 111 cm³/mol. The van der Waals surface area contributed by atoms with Crippen molar-refractivity contribution in [3.63, 3.8) is 0 Å². The Hall–Kier alpha value is -2.82. The zero-order valence-electron chi connectivity index (χ0n) is 17.4. The second kappa shape index (κ2) is 8.91. The van der Waals surface area contributed by atoms with Crippen LogP contribution in [0.5, 0.6) is 5.75 Å². The van der Waals surface area contributed by atoms with Crippen molar-refractivity contribution in [3.05, 3.63) is 65.2 Å². The molecule has 0 spiro atoms. The largest absolute Gasteiger partial charge is 0.491 e. The molecule has 3 rings (SSSR count). The summed E-state index contributed by atoms with van der Waals surface area (Å²) in [4.78, 5) is 26.5. The standard InChI is InChI=1S/C21H24N2O3.C2H6/c1-21(2,3)20(25)23-12-16-10-9-15(19(22)24)11-18(16)26-13-17(23)14-7-5-4-6-8-14;1-2/h4-11,17H,12-13H2,1-3H3,(H2,22,24);1-2H3. The van der Waals surface area contributed by atoms with Crippen LogP contribution < -0.4 is 10.5 Å². The van der Waals surface area contributed by atoms with Crippen LogP contribution in [-0.4, -0.2) is 23.3 Å². The van der Waals surface area contributed by atoms with E-state index < -0.39 is 11.3 Å². The molecule has 28 heavy (non-hydrogen) atoms. The number of carbonyl (C=O) groups is 2. The summed E-state index contributed by atoms with van der Waals surface area (Å²) >= 11 is 0. The maximum Gasteiger partial charge on any atom is 0.248 e. The van der Waals surface area contributed by atoms with E-state index >= 15 is 0 Å². The van der Waals surface area contributed by atoms with Gasteiger partial charge in [-0.15, -0.1) is 0 Å². The molecular weight excluding hydrogens is 352 g/mol. The van der Waals surface area contributed by atoms with Gasteiger partial charge in [0.05, 0.1) is 12.6 Å². The summed E-state index contributed by atoms with van der Waals surface area (Å²) < 4.78 is 6.00. The SMILES string of the molecule is CC.CC(C)(C)C(=O)N1Cc2ccc(C(N)=O)cc2OCC1c1ccccc1. The van der Waals surface area contributed by atoms with Crippen LogP contribution in [0.15, 0.2) is 48.5 Å². The number of benzene rings is 2. The average Bonchev–Trinajstić information content (AvgIpc) is 2.87. The van der Waals surface area contributed by atoms with Crippen LogP contribution in [0.4, 0.5) is 0 Å². The van der Waals surface area contributed by atoms with Gasteiger partial charge < -0.3 is 15.4 Å². The van der Waals surface area contributed by atoms with Gasteiger partial charge in [0.15, 0.2) is 0 Å². The Kier molecular flexibility index (Phi) is 6.84. The van der Waals surface area contributed by atoms with Gasteiger partial charge >= 0.3 is 0 Å². The molecular formula is C23H30N2O3. The molecule has 2 aromatic carbocycles. The molecule has 0 radical (unpaired) electrons. The van der Waals surface area contributed by atoms with E-state index in [1.165, 1.54) is 0 Å². The molecule has 0 aliphatic carbocycles. The maximum atomic E-state index is 13.1. The van der Waals surface area contributed by atoms with Gasteiger partial charge in [-0.2, -0.15) is 0 Å². The number of fused-ring (bicyclic) bond motifs is 1. The zero-order valence-corrected chi connectivity index (χ0v) is 17.4. The highest BCUT2D eigenvalue weighted by Gasteiger charge is 2.35. The Bertz CT molecular complexity index is 825. The smallest absolute Gasteiger partial charge is 0.248 e. The fraction of sp³-hybridized carbons (Fsp3) is 0.391. The topological polar surface area (TPSA) is 72.6 Å². The van der Waals surface area contributed by atoms with Gasteiger partial charge in [-0.25, -0.2) is 0 Å². The first-order chi connectivity index (χ1) is 13.3. The van der Waals surface area contributed by atoms with Gasteiger partial charge in [0.2, 0.25) is 11.8 Å². The van der Waals surface area contributed by atoms with Crippen molar-refractivity contribution in [2.75, 3.05) is 6.61 Å². The van der Waals surface area contributed by atoms with E-state index in [2.05, 4.69) is 0 Å². The minimum Gasteiger partial charge on any atom is -0.491 e. The van der Waals surface area contributed by atoms with E-state index in [4.69, 9.17) is 10.5 Å². The number of hydrogen-bond donors (Lipinski definition) is 1. The Balaban J connectivity index is 0.00000136. The van der Waals surface area contributed by atoms with Gasteiger partial charge in [-0.05, 0) is 17.7 Å². The Labute approximate surface area is 167 Å². The lowest BCUT2D eigenvalue weighted by Gasteiger charge is -2.34. The lowest BCUT2D eigenvalue weighted by Crippen LogP contribution is -2.42. The molecule has 0 aromatic heterocycles. The molecule has 5 heteroatoms. The normalized spacial score (nSPS) is 16.0. The van der Waals surface area contributed by atoms with Gasteiger partial charge in [0.1, 0.15) is 12.4 Å². The fourth-order valence-corrected chi connectivity index (χ4v) is 3.12. The number of hydrogen-bond acceptors (Lipinski definition) is 3. The number of amides is 2. The number of primary amides is 1. The molecule has 2 N–H and O–H groups in total. The molecule has 1 aliphatic rings. The highest BCUT2D eigenvalue weighted by molar-refractivity contribution is 5.93. The fourth-order valence-electron chi connectivity index (χ4n) is 3.12. The average molecular weight is 383 g/mol. The number of nitrogens with zero attached hydrogens (tertiary/aromatic N) is 1. The molecule has 0 saturated carbocycles. The van der Waals surface area contributed by atoms with Crippen molar-refractivity contribution >= 4 is 11.8 Å². The van der Waals surface area contributed by atoms with Crippen LogP contribution in [0, 0.1) is 5.41 Å². The second-order valence-corrected chi connectivity index (χ2v) is 7.61. The summed E-state index contributed by atoms with van der Waals surface area (Å²) in [6.07, 6.45) is 0. The summed E-state index contributed by atoms with van der Waals surface area (Å²) in [7, 11) is 0. The molecule has 0 fully saturated rings. The molecule has 0 saturated heterocycles. The van der Waals surface area contributed by atoms with Crippen LogP contribution in [0.1, 0.15) is 62.1 Å². The maximum absolute atomic E-state index is 13.1. The van der Waals surface area contributed by atoms with Crippen molar-refractivity contribution in [1.82, 2.24) is 4.90 Å². The quantitative estimate of drug-likeness (QED) is 0.841. The van der Waals surface area contributed by atoms with Crippen LogP contribution in [0.3, 0.4) is 0 Å². The zero-order chi connectivity index (χ0) is 20.9. The van der Waals surface area contributed by atoms with Crippen molar-refractivity contribution in [2.45, 2.75) is 47.2 Å². The number of nitrogens with two attached hydrogens (primary N) is 1. The number of carbonyl (C=O) groups excluding carboxylic acids is 2. The second-order valence-electron chi connectivity index (χ2n) is 7.61. The molecule has 2 amide bonds. The monoisotopic (exact) mass is 382 g/mol. The summed E-state index contributed by atoms with van der Waals surface area (Å²) in [5, 5.41) is 0. The lowest BCUT2D eigenvalue weighted by atomic mass is 9.92. The predicted octanol–water partition coefficient (Wildman–Crippen LogP) is 4.32. The van der Waals surface area contributed by atoms with Crippen LogP contribution in [-0.2, 0) is 11.3 Å². The van der Waals surface area contributed by atoms with Crippen molar-refractivity contribution < 1.29 is 14.3 Å². The Morgan fingerprint density at radius 2 is 1.71 bits per heavy atom. The van der Waals surface area contributed by atoms with Gasteiger partial charge in [-0.1, -0.05) is 71.0 Å². The molecule has 0 bridgehead atoms. The molecule has 1 unspecified atom stereocenters. The Morgan fingerprint density at radius 1 is 1.07 bits per heavy atom. The Morgan fingerprint density at radius 3 is 2.29 bits per heavy atom. The van der Waals surface area contributed by atoms with Crippen LogP contribution in [0.2, 0.25) is 0 Å². The van der Waals surface area contributed by atoms with Crippen molar-refractivity contribution in [3.8, 4) is 5.75 Å². The molecule has 1 heterocycles. The van der Waals surface area contributed by atoms with E-state index in [0.717, 1.165) is 11.1 Å². The number of rotatable bonds is 2. The summed E-state index contributed by atoms with van der Waals surface area (Å²) in [6.45, 7) is 10.5. The molecule has 5 nitrogen and oxygen atoms in total. The van der Waals surface area contributed by atoms with Gasteiger partial charge in [0, 0.05) is 16.5 Å². The third-order valence-electron chi connectivity index (χ3n) is 4.55. The van der Waals surface area contributed by atoms with Gasteiger partial charge in [-0.3, -0.25) is 9.59 Å². The first kappa shape index (κ1) is 21.5. The third kappa shape index (κ3) is 4.71. The summed E-state index contributed by atoms with van der Waals surface area (Å²) in [5.41, 5.74) is 7.16.